The maximum absolute atomic E-state index is 13.1. The molecule has 2 heterocycles. The third kappa shape index (κ3) is 2.74. The van der Waals surface area contributed by atoms with E-state index in [0.29, 0.717) is 33.2 Å². The highest BCUT2D eigenvalue weighted by Crippen LogP contribution is 2.42. The maximum atomic E-state index is 13.1. The number of fused-ring (bicyclic) bond motifs is 2. The number of hydrogen-bond acceptors (Lipinski definition) is 5. The molecule has 0 aliphatic carbocycles. The van der Waals surface area contributed by atoms with Crippen LogP contribution in [0.4, 0.5) is 5.69 Å². The van der Waals surface area contributed by atoms with E-state index in [1.165, 1.54) is 20.4 Å². The molecule has 1 aliphatic heterocycles. The third-order valence-electron chi connectivity index (χ3n) is 4.40. The van der Waals surface area contributed by atoms with Gasteiger partial charge in [-0.3, -0.25) is 9.59 Å². The van der Waals surface area contributed by atoms with Crippen LogP contribution in [0.5, 0.6) is 0 Å². The van der Waals surface area contributed by atoms with E-state index in [2.05, 4.69) is 9.97 Å². The lowest BCUT2D eigenvalue weighted by Crippen LogP contribution is -2.31. The molecule has 0 radical (unpaired) electrons. The lowest BCUT2D eigenvalue weighted by Gasteiger charge is -2.13. The van der Waals surface area contributed by atoms with Crippen molar-refractivity contribution in [1.82, 2.24) is 9.97 Å². The van der Waals surface area contributed by atoms with Crippen molar-refractivity contribution in [3.05, 3.63) is 65.1 Å². The second kappa shape index (κ2) is 6.48. The summed E-state index contributed by atoms with van der Waals surface area (Å²) in [6.07, 6.45) is 3.17. The Morgan fingerprint density at radius 1 is 1.19 bits per heavy atom. The van der Waals surface area contributed by atoms with Crippen LogP contribution in [0.15, 0.2) is 48.9 Å². The topological polar surface area (TPSA) is 72.4 Å². The number of nitrogens with zero attached hydrogens (tertiary/aromatic N) is 3. The molecule has 3 aromatic rings. The molecule has 0 N–H and O–H groups in total. The first kappa shape index (κ1) is 17.2. The van der Waals surface area contributed by atoms with Crippen molar-refractivity contribution in [2.45, 2.75) is 6.92 Å². The first-order valence-corrected chi connectivity index (χ1v) is 8.52. The Balaban J connectivity index is 1.98. The number of methoxy groups -OCH3 is 1. The number of benzene rings is 2. The Kier molecular flexibility index (Phi) is 4.12. The number of rotatable bonds is 2. The van der Waals surface area contributed by atoms with Crippen molar-refractivity contribution in [3.8, 4) is 0 Å². The van der Waals surface area contributed by atoms with Gasteiger partial charge in [-0.05, 0) is 30.3 Å². The monoisotopic (exact) mass is 379 g/mol. The van der Waals surface area contributed by atoms with Gasteiger partial charge in [0, 0.05) is 34.7 Å². The Hall–Kier alpha value is -3.25. The van der Waals surface area contributed by atoms with Crippen LogP contribution in [-0.4, -0.2) is 28.9 Å². The van der Waals surface area contributed by atoms with Gasteiger partial charge in [0.2, 0.25) is 5.91 Å². The van der Waals surface area contributed by atoms with Gasteiger partial charge in [-0.25, -0.2) is 14.9 Å². The van der Waals surface area contributed by atoms with Gasteiger partial charge in [0.15, 0.2) is 0 Å². The zero-order valence-corrected chi connectivity index (χ0v) is 15.3. The summed E-state index contributed by atoms with van der Waals surface area (Å²) in [4.78, 5) is 34.5. The van der Waals surface area contributed by atoms with E-state index in [9.17, 15) is 9.59 Å². The fourth-order valence-electron chi connectivity index (χ4n) is 3.26. The van der Waals surface area contributed by atoms with E-state index in [0.717, 1.165) is 15.8 Å². The largest absolute Gasteiger partial charge is 0.495 e. The van der Waals surface area contributed by atoms with Crippen LogP contribution in [0.3, 0.4) is 0 Å². The molecule has 0 unspecified atom stereocenters. The molecule has 1 aromatic heterocycles. The zero-order chi connectivity index (χ0) is 19.1. The SMILES string of the molecule is CO/C(=C1/C(=O)N(C(C)=O)c2cc(Cl)ccc21)c1ccc2ncncc2c1. The second-order valence-electron chi connectivity index (χ2n) is 6.03. The van der Waals surface area contributed by atoms with Crippen molar-refractivity contribution in [2.24, 2.45) is 0 Å². The van der Waals surface area contributed by atoms with Crippen LogP contribution in [-0.2, 0) is 14.3 Å². The molecular weight excluding hydrogens is 366 g/mol. The number of ether oxygens (including phenoxy) is 1. The number of amides is 2. The molecule has 134 valence electrons. The number of imide groups is 1. The molecule has 0 saturated heterocycles. The molecular formula is C20H14ClN3O3. The first-order valence-electron chi connectivity index (χ1n) is 8.14. The average molecular weight is 380 g/mol. The summed E-state index contributed by atoms with van der Waals surface area (Å²) in [5.41, 5.74) is 2.84. The van der Waals surface area contributed by atoms with Crippen LogP contribution in [0.2, 0.25) is 5.02 Å². The fraction of sp³-hybridized carbons (Fsp3) is 0.100. The van der Waals surface area contributed by atoms with Gasteiger partial charge in [-0.2, -0.15) is 0 Å². The predicted molar refractivity (Wildman–Crippen MR) is 103 cm³/mol. The Morgan fingerprint density at radius 2 is 2.00 bits per heavy atom. The van der Waals surface area contributed by atoms with Gasteiger partial charge >= 0.3 is 0 Å². The van der Waals surface area contributed by atoms with Gasteiger partial charge in [-0.15, -0.1) is 0 Å². The predicted octanol–water partition coefficient (Wildman–Crippen LogP) is 3.69. The molecule has 7 heteroatoms. The summed E-state index contributed by atoms with van der Waals surface area (Å²) in [5.74, 6) is -0.458. The quantitative estimate of drug-likeness (QED) is 0.501. The molecule has 1 aliphatic rings. The number of halogens is 1. The molecule has 0 fully saturated rings. The molecule has 0 atom stereocenters. The van der Waals surface area contributed by atoms with Crippen molar-refractivity contribution in [2.75, 3.05) is 12.0 Å². The highest BCUT2D eigenvalue weighted by atomic mass is 35.5. The minimum atomic E-state index is -0.443. The van der Waals surface area contributed by atoms with Crippen LogP contribution in [0.25, 0.3) is 22.2 Å². The molecule has 4 rings (SSSR count). The summed E-state index contributed by atoms with van der Waals surface area (Å²) < 4.78 is 5.60. The van der Waals surface area contributed by atoms with Crippen LogP contribution >= 0.6 is 11.6 Å². The minimum Gasteiger partial charge on any atom is -0.495 e. The Labute approximate surface area is 160 Å². The standard InChI is InChI=1S/C20H14ClN3O3/c1-11(25)24-17-8-14(21)4-5-15(17)18(20(24)26)19(27-2)12-3-6-16-13(7-12)9-22-10-23-16/h3-10H,1-2H3/b19-18+. The van der Waals surface area contributed by atoms with Crippen molar-refractivity contribution < 1.29 is 14.3 Å². The van der Waals surface area contributed by atoms with E-state index in [1.54, 1.807) is 24.4 Å². The number of aromatic nitrogens is 2. The third-order valence-corrected chi connectivity index (χ3v) is 4.63. The normalized spacial score (nSPS) is 15.1. The van der Waals surface area contributed by atoms with Gasteiger partial charge in [-0.1, -0.05) is 17.7 Å². The van der Waals surface area contributed by atoms with Crippen molar-refractivity contribution in [3.63, 3.8) is 0 Å². The lowest BCUT2D eigenvalue weighted by atomic mass is 10.0. The van der Waals surface area contributed by atoms with E-state index in [1.807, 2.05) is 18.2 Å². The van der Waals surface area contributed by atoms with Crippen LogP contribution in [0, 0.1) is 0 Å². The molecule has 0 spiro atoms. The molecule has 2 amide bonds. The number of carbonyl (C=O) groups excluding carboxylic acids is 2. The van der Waals surface area contributed by atoms with E-state index < -0.39 is 5.91 Å². The minimum absolute atomic E-state index is 0.315. The van der Waals surface area contributed by atoms with Gasteiger partial charge in [0.05, 0.1) is 23.9 Å². The second-order valence-corrected chi connectivity index (χ2v) is 6.46. The Bertz CT molecular complexity index is 1140. The number of carbonyl (C=O) groups is 2. The van der Waals surface area contributed by atoms with E-state index in [4.69, 9.17) is 16.3 Å². The number of hydrogen-bond donors (Lipinski definition) is 0. The first-order chi connectivity index (χ1) is 13.0. The summed E-state index contributed by atoms with van der Waals surface area (Å²) in [7, 11) is 1.49. The fourth-order valence-corrected chi connectivity index (χ4v) is 3.43. The molecule has 2 aromatic carbocycles. The van der Waals surface area contributed by atoms with E-state index in [-0.39, 0.29) is 5.91 Å². The summed E-state index contributed by atoms with van der Waals surface area (Å²) in [6.45, 7) is 1.34. The lowest BCUT2D eigenvalue weighted by molar-refractivity contribution is -0.122. The summed E-state index contributed by atoms with van der Waals surface area (Å²) in [5, 5.41) is 1.26. The van der Waals surface area contributed by atoms with Crippen LogP contribution in [0.1, 0.15) is 18.1 Å². The van der Waals surface area contributed by atoms with E-state index >= 15 is 0 Å². The molecule has 27 heavy (non-hydrogen) atoms. The number of anilines is 1. The summed E-state index contributed by atoms with van der Waals surface area (Å²) >= 11 is 6.07. The molecule has 0 bridgehead atoms. The zero-order valence-electron chi connectivity index (χ0n) is 14.6. The van der Waals surface area contributed by atoms with Gasteiger partial charge < -0.3 is 4.74 Å². The molecule has 6 nitrogen and oxygen atoms in total. The maximum Gasteiger partial charge on any atom is 0.269 e. The Morgan fingerprint density at radius 3 is 2.74 bits per heavy atom. The van der Waals surface area contributed by atoms with Gasteiger partial charge in [0.1, 0.15) is 12.1 Å². The van der Waals surface area contributed by atoms with Gasteiger partial charge in [0.25, 0.3) is 5.91 Å². The average Bonchev–Trinajstić information content (AvgIpc) is 2.94. The molecule has 0 saturated carbocycles. The highest BCUT2D eigenvalue weighted by molar-refractivity contribution is 6.43. The van der Waals surface area contributed by atoms with Crippen molar-refractivity contribution in [1.29, 1.82) is 0 Å². The smallest absolute Gasteiger partial charge is 0.269 e. The highest BCUT2D eigenvalue weighted by Gasteiger charge is 2.38. The summed E-state index contributed by atoms with van der Waals surface area (Å²) in [6, 6.07) is 10.5. The van der Waals surface area contributed by atoms with Crippen LogP contribution < -0.4 is 4.90 Å². The van der Waals surface area contributed by atoms with Crippen molar-refractivity contribution >= 4 is 51.3 Å².